The number of aromatic nitrogens is 7. The van der Waals surface area contributed by atoms with Crippen LogP contribution >= 0.6 is 11.6 Å². The summed E-state index contributed by atoms with van der Waals surface area (Å²) < 4.78 is 40.0. The Labute approximate surface area is 243 Å². The van der Waals surface area contributed by atoms with Gasteiger partial charge in [0.05, 0.1) is 29.2 Å². The minimum atomic E-state index is -4.48. The van der Waals surface area contributed by atoms with Gasteiger partial charge in [-0.1, -0.05) is 11.6 Å². The molecule has 2 fully saturated rings. The van der Waals surface area contributed by atoms with E-state index in [0.717, 1.165) is 73.6 Å². The first-order valence-corrected chi connectivity index (χ1v) is 13.8. The van der Waals surface area contributed by atoms with Gasteiger partial charge in [0.2, 0.25) is 0 Å². The number of alkyl halides is 3. The maximum atomic E-state index is 12.9. The third-order valence-corrected chi connectivity index (χ3v) is 7.59. The Bertz CT molecular complexity index is 1760. The highest BCUT2D eigenvalue weighted by atomic mass is 35.5. The molecule has 1 aliphatic heterocycles. The summed E-state index contributed by atoms with van der Waals surface area (Å²) in [5.41, 5.74) is 2.31. The average molecular weight is 593 g/mol. The molecule has 214 valence electrons. The van der Waals surface area contributed by atoms with Crippen LogP contribution in [0, 0.1) is 0 Å². The lowest BCUT2D eigenvalue weighted by Crippen LogP contribution is -2.44. The fraction of sp³-hybridized carbons (Fsp3) is 0.286. The molecule has 0 amide bonds. The fourth-order valence-corrected chi connectivity index (χ4v) is 5.22. The van der Waals surface area contributed by atoms with Crippen molar-refractivity contribution in [1.82, 2.24) is 40.0 Å². The summed E-state index contributed by atoms with van der Waals surface area (Å²) in [5, 5.41) is 11.9. The van der Waals surface area contributed by atoms with Crippen molar-refractivity contribution in [1.29, 1.82) is 0 Å². The van der Waals surface area contributed by atoms with E-state index in [9.17, 15) is 13.2 Å². The van der Waals surface area contributed by atoms with Crippen molar-refractivity contribution in [2.75, 3.05) is 36.4 Å². The van der Waals surface area contributed by atoms with Gasteiger partial charge in [-0.25, -0.2) is 24.6 Å². The molecule has 42 heavy (non-hydrogen) atoms. The Balaban J connectivity index is 1.21. The number of nitrogens with zero attached hydrogens (tertiary/aromatic N) is 8. The zero-order valence-electron chi connectivity index (χ0n) is 22.1. The van der Waals surface area contributed by atoms with Crippen LogP contribution in [0.3, 0.4) is 0 Å². The topological polar surface area (TPSA) is 110 Å². The third kappa shape index (κ3) is 5.21. The van der Waals surface area contributed by atoms with Gasteiger partial charge in [-0.15, -0.1) is 0 Å². The smallest absolute Gasteiger partial charge is 0.353 e. The number of halogens is 4. The number of hydrogen-bond donors (Lipinski definition) is 2. The lowest BCUT2D eigenvalue weighted by molar-refractivity contribution is -0.137. The average Bonchev–Trinajstić information content (AvgIpc) is 3.79. The predicted molar refractivity (Wildman–Crippen MR) is 152 cm³/mol. The molecule has 5 aromatic rings. The van der Waals surface area contributed by atoms with Crippen molar-refractivity contribution in [2.24, 2.45) is 0 Å². The zero-order valence-corrected chi connectivity index (χ0v) is 22.9. The minimum Gasteiger partial charge on any atom is -0.353 e. The Morgan fingerprint density at radius 3 is 2.57 bits per heavy atom. The molecule has 0 unspecified atom stereocenters. The first-order chi connectivity index (χ1) is 20.3. The summed E-state index contributed by atoms with van der Waals surface area (Å²) in [6, 6.07) is 5.82. The van der Waals surface area contributed by atoms with Crippen LogP contribution in [0.15, 0.2) is 55.2 Å². The highest BCUT2D eigenvalue weighted by Gasteiger charge is 2.31. The van der Waals surface area contributed by atoms with Crippen molar-refractivity contribution in [3.63, 3.8) is 0 Å². The summed E-state index contributed by atoms with van der Waals surface area (Å²) in [5.74, 6) is 2.61. The second-order valence-corrected chi connectivity index (χ2v) is 10.6. The molecule has 7 rings (SSSR count). The number of rotatable bonds is 6. The van der Waals surface area contributed by atoms with Gasteiger partial charge in [0.15, 0.2) is 16.8 Å². The monoisotopic (exact) mass is 592 g/mol. The van der Waals surface area contributed by atoms with Crippen LogP contribution in [0.4, 0.5) is 30.5 Å². The van der Waals surface area contributed by atoms with Gasteiger partial charge in [0.1, 0.15) is 11.6 Å². The van der Waals surface area contributed by atoms with Crippen molar-refractivity contribution in [3.8, 4) is 17.2 Å². The van der Waals surface area contributed by atoms with Crippen LogP contribution in [0.5, 0.6) is 0 Å². The molecule has 2 aliphatic rings. The number of nitrogens with one attached hydrogen (secondary N) is 2. The number of anilines is 3. The second-order valence-electron chi connectivity index (χ2n) is 10.2. The molecule has 10 nitrogen and oxygen atoms in total. The molecule has 6 heterocycles. The van der Waals surface area contributed by atoms with Gasteiger partial charge >= 0.3 is 6.18 Å². The zero-order chi connectivity index (χ0) is 28.8. The molecule has 14 heteroatoms. The van der Waals surface area contributed by atoms with Gasteiger partial charge in [0.25, 0.3) is 0 Å². The van der Waals surface area contributed by atoms with Crippen LogP contribution in [0.2, 0.25) is 5.15 Å². The molecule has 0 aromatic carbocycles. The Hall–Kier alpha value is -4.36. The maximum absolute atomic E-state index is 12.9. The Morgan fingerprint density at radius 1 is 1.00 bits per heavy atom. The fourth-order valence-electron chi connectivity index (χ4n) is 5.05. The van der Waals surface area contributed by atoms with Crippen LogP contribution in [-0.4, -0.2) is 60.9 Å². The Kier molecular flexibility index (Phi) is 6.62. The maximum Gasteiger partial charge on any atom is 0.417 e. The predicted octanol–water partition coefficient (Wildman–Crippen LogP) is 5.37. The standard InChI is InChI=1S/C28H24ClF3N10/c29-25-21(15-42(40-25)23-4-3-18(12-36-23)28(30,31)32)37-22-11-17(5-6-35-22)26-38-20-14-34-13-19(16-1-2-16)24(20)27(39-26)41-9-7-33-8-10-41/h3-6,11-16,33H,1-2,7-10H2,(H,35,37). The third-order valence-electron chi connectivity index (χ3n) is 7.31. The van der Waals surface area contributed by atoms with Crippen LogP contribution in [0.1, 0.15) is 29.9 Å². The van der Waals surface area contributed by atoms with E-state index < -0.39 is 11.7 Å². The largest absolute Gasteiger partial charge is 0.417 e. The molecular formula is C28H24ClF3N10. The molecule has 5 aromatic heterocycles. The minimum absolute atomic E-state index is 0.102. The number of fused-ring (bicyclic) bond motifs is 1. The van der Waals surface area contributed by atoms with E-state index in [4.69, 9.17) is 21.6 Å². The molecule has 1 aliphatic carbocycles. The first kappa shape index (κ1) is 26.5. The molecule has 0 radical (unpaired) electrons. The van der Waals surface area contributed by atoms with Gasteiger partial charge < -0.3 is 15.5 Å². The molecule has 0 spiro atoms. The van der Waals surface area contributed by atoms with E-state index in [0.29, 0.717) is 23.2 Å². The van der Waals surface area contributed by atoms with Crippen LogP contribution in [0.25, 0.3) is 28.1 Å². The SMILES string of the molecule is FC(F)(F)c1ccc(-n2cc(Nc3cc(-c4nc(N5CCNCC5)c5c(C6CC6)cncc5n4)ccn3)c(Cl)n2)nc1. The summed E-state index contributed by atoms with van der Waals surface area (Å²) in [7, 11) is 0. The lowest BCUT2D eigenvalue weighted by atomic mass is 10.1. The Morgan fingerprint density at radius 2 is 1.83 bits per heavy atom. The highest BCUT2D eigenvalue weighted by molar-refractivity contribution is 6.32. The summed E-state index contributed by atoms with van der Waals surface area (Å²) >= 11 is 6.35. The van der Waals surface area contributed by atoms with Gasteiger partial charge in [-0.3, -0.25) is 4.98 Å². The number of hydrogen-bond acceptors (Lipinski definition) is 9. The van der Waals surface area contributed by atoms with Gasteiger partial charge in [-0.2, -0.15) is 18.3 Å². The number of piperazine rings is 1. The van der Waals surface area contributed by atoms with Crippen molar-refractivity contribution >= 4 is 39.8 Å². The number of pyridine rings is 3. The van der Waals surface area contributed by atoms with E-state index in [2.05, 4.69) is 35.6 Å². The van der Waals surface area contributed by atoms with Gasteiger partial charge in [0, 0.05) is 55.7 Å². The summed E-state index contributed by atoms with van der Waals surface area (Å²) in [6.45, 7) is 3.45. The summed E-state index contributed by atoms with van der Waals surface area (Å²) in [4.78, 5) is 25.1. The van der Waals surface area contributed by atoms with E-state index in [1.165, 1.54) is 22.5 Å². The van der Waals surface area contributed by atoms with E-state index in [-0.39, 0.29) is 11.0 Å². The molecule has 0 atom stereocenters. The van der Waals surface area contributed by atoms with Crippen molar-refractivity contribution in [2.45, 2.75) is 24.9 Å². The molecule has 1 saturated carbocycles. The van der Waals surface area contributed by atoms with Crippen molar-refractivity contribution < 1.29 is 13.2 Å². The normalized spacial score (nSPS) is 15.8. The van der Waals surface area contributed by atoms with E-state index >= 15 is 0 Å². The van der Waals surface area contributed by atoms with Gasteiger partial charge in [-0.05, 0) is 48.6 Å². The molecule has 0 bridgehead atoms. The van der Waals surface area contributed by atoms with E-state index in [1.807, 2.05) is 18.3 Å². The van der Waals surface area contributed by atoms with Crippen LogP contribution < -0.4 is 15.5 Å². The summed E-state index contributed by atoms with van der Waals surface area (Å²) in [6.07, 6.45) is 5.50. The van der Waals surface area contributed by atoms with Crippen LogP contribution in [-0.2, 0) is 6.18 Å². The molecular weight excluding hydrogens is 569 g/mol. The second kappa shape index (κ2) is 10.5. The van der Waals surface area contributed by atoms with Crippen molar-refractivity contribution in [3.05, 3.63) is 71.5 Å². The first-order valence-electron chi connectivity index (χ1n) is 13.5. The molecule has 2 N–H and O–H groups in total. The van der Waals surface area contributed by atoms with E-state index in [1.54, 1.807) is 12.4 Å². The lowest BCUT2D eigenvalue weighted by Gasteiger charge is -2.30. The quantitative estimate of drug-likeness (QED) is 0.269. The molecule has 1 saturated heterocycles. The highest BCUT2D eigenvalue weighted by Crippen LogP contribution is 2.45.